The van der Waals surface area contributed by atoms with Gasteiger partial charge in [0.1, 0.15) is 5.75 Å². The summed E-state index contributed by atoms with van der Waals surface area (Å²) in [6, 6.07) is 11.6. The minimum atomic E-state index is -3.59. The molecule has 0 amide bonds. The highest BCUT2D eigenvalue weighted by atomic mass is 35.5. The number of methoxy groups -OCH3 is 1. The molecule has 0 saturated heterocycles. The number of sulfonamides is 1. The van der Waals surface area contributed by atoms with Crippen molar-refractivity contribution in [3.05, 3.63) is 69.8 Å². The number of nitrogens with zero attached hydrogens (tertiary/aromatic N) is 1. The van der Waals surface area contributed by atoms with E-state index in [0.717, 1.165) is 68.0 Å². The van der Waals surface area contributed by atoms with Gasteiger partial charge in [0.15, 0.2) is 0 Å². The van der Waals surface area contributed by atoms with E-state index in [1.165, 1.54) is 16.7 Å². The zero-order valence-corrected chi connectivity index (χ0v) is 27.9. The second-order valence-corrected chi connectivity index (χ2v) is 16.0. The van der Waals surface area contributed by atoms with Gasteiger partial charge in [-0.1, -0.05) is 30.7 Å². The van der Waals surface area contributed by atoms with Crippen LogP contribution in [0.5, 0.6) is 5.75 Å². The largest absolute Gasteiger partial charge is 0.491 e. The monoisotopic (exact) mass is 656 g/mol. The maximum absolute atomic E-state index is 12.1. The normalized spacial score (nSPS) is 28.2. The van der Waals surface area contributed by atoms with Gasteiger partial charge < -0.3 is 19.5 Å². The van der Waals surface area contributed by atoms with Crippen LogP contribution in [0.3, 0.4) is 0 Å². The quantitative estimate of drug-likeness (QED) is 0.283. The van der Waals surface area contributed by atoms with Gasteiger partial charge in [0.25, 0.3) is 0 Å². The average molecular weight is 657 g/mol. The number of fused-ring (bicyclic) bond motifs is 2. The summed E-state index contributed by atoms with van der Waals surface area (Å²) in [5, 5.41) is 15.5. The van der Waals surface area contributed by atoms with Crippen LogP contribution in [0.15, 0.2) is 48.0 Å². The summed E-state index contributed by atoms with van der Waals surface area (Å²) in [5.41, 5.74) is 5.00. The number of hydrogen-bond donors (Lipinski definition) is 2. The molecule has 0 aromatic heterocycles. The highest BCUT2D eigenvalue weighted by molar-refractivity contribution is 7.89. The van der Waals surface area contributed by atoms with E-state index in [-0.39, 0.29) is 35.5 Å². The maximum Gasteiger partial charge on any atom is 0.335 e. The highest BCUT2D eigenvalue weighted by Crippen LogP contribution is 2.49. The number of allylic oxidation sites excluding steroid dienone is 1. The standard InChI is InChI=1S/C35H45ClN2O6S/c1-20(21(2)45(37,41)42)25-15-26(16-25)34(43-3)29-10-7-24(29)19-38-31(30-6-4-5-22-17-27(36)9-11-28(22)30)13-14-44-33-12-8-23(35(39)40)18-32(33)38/h8-9,11-12,15,17-18,20-21,24-25,29-31,34H,4-7,10,13-14,16,19H2,1-3H3,(H,39,40)(H2,37,41,42)/t20-,21-,24+,25+,29-,30?,31?,34+/m1/s1. The second-order valence-electron chi connectivity index (χ2n) is 13.6. The number of rotatable bonds is 10. The second kappa shape index (κ2) is 12.9. The van der Waals surface area contributed by atoms with Crippen LogP contribution in [0.4, 0.5) is 5.69 Å². The maximum atomic E-state index is 12.1. The molecule has 2 aromatic carbocycles. The molecule has 6 rings (SSSR count). The molecule has 4 aliphatic rings. The lowest BCUT2D eigenvalue weighted by Crippen LogP contribution is -2.50. The lowest BCUT2D eigenvalue weighted by Gasteiger charge is -2.49. The highest BCUT2D eigenvalue weighted by Gasteiger charge is 2.45. The molecule has 1 aliphatic heterocycles. The first-order valence-electron chi connectivity index (χ1n) is 16.3. The third-order valence-electron chi connectivity index (χ3n) is 11.3. The zero-order valence-electron chi connectivity index (χ0n) is 26.3. The van der Waals surface area contributed by atoms with Crippen molar-refractivity contribution in [2.24, 2.45) is 28.8 Å². The number of hydrogen-bond acceptors (Lipinski definition) is 6. The molecule has 1 fully saturated rings. The van der Waals surface area contributed by atoms with Crippen LogP contribution in [-0.2, 0) is 21.2 Å². The topological polar surface area (TPSA) is 119 Å². The summed E-state index contributed by atoms with van der Waals surface area (Å²) in [4.78, 5) is 14.5. The van der Waals surface area contributed by atoms with Gasteiger partial charge in [-0.15, -0.1) is 0 Å². The molecule has 2 unspecified atom stereocenters. The Morgan fingerprint density at radius 1 is 1.16 bits per heavy atom. The minimum absolute atomic E-state index is 0.0268. The van der Waals surface area contributed by atoms with Crippen molar-refractivity contribution < 1.29 is 27.8 Å². The Kier molecular flexibility index (Phi) is 9.27. The van der Waals surface area contributed by atoms with Crippen LogP contribution in [0, 0.1) is 23.7 Å². The van der Waals surface area contributed by atoms with Crippen molar-refractivity contribution in [2.75, 3.05) is 25.2 Å². The fourth-order valence-electron chi connectivity index (χ4n) is 8.28. The molecule has 244 valence electrons. The van der Waals surface area contributed by atoms with Gasteiger partial charge in [0, 0.05) is 37.1 Å². The Morgan fingerprint density at radius 2 is 1.93 bits per heavy atom. The average Bonchev–Trinajstić information content (AvgIpc) is 3.15. The van der Waals surface area contributed by atoms with Crippen LogP contribution >= 0.6 is 11.6 Å². The van der Waals surface area contributed by atoms with Crippen LogP contribution in [0.1, 0.15) is 79.8 Å². The third-order valence-corrected chi connectivity index (χ3v) is 13.0. The SMILES string of the molecule is CO[C@@H](C1=C[C@H]([C@H](C)[C@@H](C)S(N)(=O)=O)C1)[C@@H]1CC[C@H]1CN1c2cc(C(=O)O)ccc2OCCC1C1CCCc2cc(Cl)ccc21. The molecule has 8 nitrogen and oxygen atoms in total. The first kappa shape index (κ1) is 32.4. The summed E-state index contributed by atoms with van der Waals surface area (Å²) in [7, 11) is -1.82. The molecule has 2 aromatic rings. The van der Waals surface area contributed by atoms with Gasteiger partial charge in [-0.3, -0.25) is 0 Å². The molecular formula is C35H45ClN2O6S. The molecule has 3 aliphatic carbocycles. The van der Waals surface area contributed by atoms with Crippen LogP contribution in [-0.4, -0.2) is 57.2 Å². The Hall–Kier alpha value is -2.59. The lowest BCUT2D eigenvalue weighted by molar-refractivity contribution is -0.000931. The van der Waals surface area contributed by atoms with E-state index in [9.17, 15) is 18.3 Å². The van der Waals surface area contributed by atoms with Gasteiger partial charge in [0.05, 0.1) is 29.2 Å². The molecule has 8 atom stereocenters. The Labute approximate surface area is 272 Å². The van der Waals surface area contributed by atoms with Crippen molar-refractivity contribution in [3.8, 4) is 5.75 Å². The molecule has 1 saturated carbocycles. The first-order valence-corrected chi connectivity index (χ1v) is 18.2. The molecular weight excluding hydrogens is 612 g/mol. The molecule has 0 spiro atoms. The zero-order chi connectivity index (χ0) is 32.0. The Morgan fingerprint density at radius 3 is 2.60 bits per heavy atom. The van der Waals surface area contributed by atoms with Crippen molar-refractivity contribution in [1.29, 1.82) is 0 Å². The van der Waals surface area contributed by atoms with E-state index < -0.39 is 21.2 Å². The number of halogens is 1. The first-order chi connectivity index (χ1) is 21.5. The molecule has 10 heteroatoms. The number of aromatic carboxylic acids is 1. The van der Waals surface area contributed by atoms with Gasteiger partial charge in [-0.25, -0.2) is 18.4 Å². The fraction of sp³-hybridized carbons (Fsp3) is 0.571. The van der Waals surface area contributed by atoms with E-state index in [0.29, 0.717) is 18.4 Å². The summed E-state index contributed by atoms with van der Waals surface area (Å²) >= 11 is 6.40. The Bertz CT molecular complexity index is 1580. The smallest absolute Gasteiger partial charge is 0.335 e. The van der Waals surface area contributed by atoms with Crippen LogP contribution in [0.25, 0.3) is 0 Å². The van der Waals surface area contributed by atoms with E-state index in [2.05, 4.69) is 23.1 Å². The summed E-state index contributed by atoms with van der Waals surface area (Å²) < 4.78 is 36.3. The number of carbonyl (C=O) groups is 1. The predicted molar refractivity (Wildman–Crippen MR) is 177 cm³/mol. The van der Waals surface area contributed by atoms with Gasteiger partial charge >= 0.3 is 5.97 Å². The lowest BCUT2D eigenvalue weighted by atomic mass is 9.64. The predicted octanol–water partition coefficient (Wildman–Crippen LogP) is 6.42. The van der Waals surface area contributed by atoms with Crippen molar-refractivity contribution >= 4 is 33.3 Å². The molecule has 0 bridgehead atoms. The summed E-state index contributed by atoms with van der Waals surface area (Å²) in [6.45, 7) is 5.00. The van der Waals surface area contributed by atoms with Crippen molar-refractivity contribution in [2.45, 2.75) is 82.1 Å². The van der Waals surface area contributed by atoms with E-state index in [1.54, 1.807) is 26.2 Å². The van der Waals surface area contributed by atoms with Crippen molar-refractivity contribution in [3.63, 3.8) is 0 Å². The number of aryl methyl sites for hydroxylation is 1. The number of primary sulfonamides is 1. The number of carboxylic acids is 1. The molecule has 0 radical (unpaired) electrons. The number of ether oxygens (including phenoxy) is 2. The molecule has 1 heterocycles. The Balaban J connectivity index is 1.29. The van der Waals surface area contributed by atoms with Crippen LogP contribution < -0.4 is 14.8 Å². The van der Waals surface area contributed by atoms with E-state index >= 15 is 0 Å². The van der Waals surface area contributed by atoms with Crippen molar-refractivity contribution in [1.82, 2.24) is 0 Å². The number of carboxylic acid groups (broad SMARTS) is 1. The molecule has 3 N–H and O–H groups in total. The van der Waals surface area contributed by atoms with Crippen LogP contribution in [0.2, 0.25) is 5.02 Å². The van der Waals surface area contributed by atoms with E-state index in [4.69, 9.17) is 26.2 Å². The number of benzene rings is 2. The minimum Gasteiger partial charge on any atom is -0.491 e. The van der Waals surface area contributed by atoms with Gasteiger partial charge in [-0.05, 0) is 116 Å². The molecule has 45 heavy (non-hydrogen) atoms. The third kappa shape index (κ3) is 6.38. The summed E-state index contributed by atoms with van der Waals surface area (Å²) in [5.74, 6) is 0.837. The fourth-order valence-corrected chi connectivity index (χ4v) is 9.27. The van der Waals surface area contributed by atoms with E-state index in [1.807, 2.05) is 19.1 Å². The summed E-state index contributed by atoms with van der Waals surface area (Å²) in [6.07, 6.45) is 9.10. The number of nitrogens with two attached hydrogens (primary N) is 1. The number of anilines is 1. The van der Waals surface area contributed by atoms with Gasteiger partial charge in [0.2, 0.25) is 10.0 Å². The van der Waals surface area contributed by atoms with Gasteiger partial charge in [-0.2, -0.15) is 0 Å².